The number of rotatable bonds is 2. The molecule has 0 aliphatic carbocycles. The van der Waals surface area contributed by atoms with Gasteiger partial charge in [0.2, 0.25) is 0 Å². The van der Waals surface area contributed by atoms with Gasteiger partial charge >= 0.3 is 12.0 Å². The monoisotopic (exact) mass is 310 g/mol. The van der Waals surface area contributed by atoms with E-state index in [4.69, 9.17) is 16.7 Å². The summed E-state index contributed by atoms with van der Waals surface area (Å²) in [7, 11) is 0. The molecule has 5 nitrogen and oxygen atoms in total. The average Bonchev–Trinajstić information content (AvgIpc) is 2.41. The van der Waals surface area contributed by atoms with Crippen LogP contribution in [-0.4, -0.2) is 35.1 Å². The van der Waals surface area contributed by atoms with Gasteiger partial charge in [-0.05, 0) is 36.5 Å². The van der Waals surface area contributed by atoms with E-state index < -0.39 is 5.97 Å². The van der Waals surface area contributed by atoms with Gasteiger partial charge in [-0.2, -0.15) is 0 Å². The third-order valence-electron chi connectivity index (χ3n) is 4.07. The van der Waals surface area contributed by atoms with Crippen molar-refractivity contribution in [1.82, 2.24) is 4.90 Å². The fraction of sp³-hybridized carbons (Fsp3) is 0.467. The average molecular weight is 311 g/mol. The SMILES string of the molecule is CC1CCN(C(=O)Nc2cc(Cl)ccc2C(=O)O)CC1C. The highest BCUT2D eigenvalue weighted by molar-refractivity contribution is 6.31. The molecule has 2 N–H and O–H groups in total. The molecule has 0 aromatic heterocycles. The number of hydrogen-bond donors (Lipinski definition) is 2. The van der Waals surface area contributed by atoms with Crippen LogP contribution in [0.3, 0.4) is 0 Å². The Balaban J connectivity index is 2.13. The van der Waals surface area contributed by atoms with Crippen molar-refractivity contribution in [3.8, 4) is 0 Å². The number of urea groups is 1. The van der Waals surface area contributed by atoms with Crippen LogP contribution in [-0.2, 0) is 0 Å². The standard InChI is InChI=1S/C15H19ClN2O3/c1-9-5-6-18(8-10(9)2)15(21)17-13-7-11(16)3-4-12(13)14(19)20/h3-4,7,9-10H,5-6,8H2,1-2H3,(H,17,21)(H,19,20). The van der Waals surface area contributed by atoms with Gasteiger partial charge in [0.05, 0.1) is 11.3 Å². The maximum absolute atomic E-state index is 12.3. The molecule has 1 aromatic rings. The van der Waals surface area contributed by atoms with E-state index >= 15 is 0 Å². The zero-order chi connectivity index (χ0) is 15.6. The summed E-state index contributed by atoms with van der Waals surface area (Å²) in [4.78, 5) is 25.2. The molecule has 6 heteroatoms. The Labute approximate surface area is 128 Å². The molecule has 2 rings (SSSR count). The van der Waals surface area contributed by atoms with E-state index in [0.29, 0.717) is 29.9 Å². The first-order valence-electron chi connectivity index (χ1n) is 6.97. The highest BCUT2D eigenvalue weighted by atomic mass is 35.5. The zero-order valence-electron chi connectivity index (χ0n) is 12.1. The van der Waals surface area contributed by atoms with Crippen LogP contribution in [0, 0.1) is 11.8 Å². The molecule has 0 bridgehead atoms. The number of benzene rings is 1. The minimum atomic E-state index is -1.09. The normalized spacial score (nSPS) is 22.0. The quantitative estimate of drug-likeness (QED) is 0.877. The Morgan fingerprint density at radius 3 is 2.67 bits per heavy atom. The number of likely N-dealkylation sites (tertiary alicyclic amines) is 1. The minimum absolute atomic E-state index is 0.0335. The zero-order valence-corrected chi connectivity index (χ0v) is 12.9. The molecule has 2 unspecified atom stereocenters. The van der Waals surface area contributed by atoms with E-state index in [1.54, 1.807) is 4.90 Å². The number of amides is 2. The summed E-state index contributed by atoms with van der Waals surface area (Å²) < 4.78 is 0. The Morgan fingerprint density at radius 1 is 1.33 bits per heavy atom. The smallest absolute Gasteiger partial charge is 0.337 e. The van der Waals surface area contributed by atoms with Crippen molar-refractivity contribution in [2.24, 2.45) is 11.8 Å². The third kappa shape index (κ3) is 3.67. The van der Waals surface area contributed by atoms with Gasteiger partial charge in [-0.3, -0.25) is 0 Å². The van der Waals surface area contributed by atoms with Crippen molar-refractivity contribution in [3.05, 3.63) is 28.8 Å². The second-order valence-corrected chi connectivity index (χ2v) is 6.05. The number of nitrogens with zero attached hydrogens (tertiary/aromatic N) is 1. The first-order chi connectivity index (χ1) is 9.88. The maximum Gasteiger partial charge on any atom is 0.337 e. The number of carboxylic acid groups (broad SMARTS) is 1. The van der Waals surface area contributed by atoms with Crippen molar-refractivity contribution < 1.29 is 14.7 Å². The van der Waals surface area contributed by atoms with Gasteiger partial charge in [0, 0.05) is 18.1 Å². The van der Waals surface area contributed by atoms with Gasteiger partial charge < -0.3 is 15.3 Å². The lowest BCUT2D eigenvalue weighted by Crippen LogP contribution is -2.44. The van der Waals surface area contributed by atoms with Gasteiger partial charge in [0.25, 0.3) is 0 Å². The molecular weight excluding hydrogens is 292 g/mol. The second-order valence-electron chi connectivity index (χ2n) is 5.61. The van der Waals surface area contributed by atoms with E-state index in [9.17, 15) is 9.59 Å². The maximum atomic E-state index is 12.3. The molecule has 1 fully saturated rings. The summed E-state index contributed by atoms with van der Waals surface area (Å²) in [5.41, 5.74) is 0.262. The molecule has 1 aliphatic heterocycles. The van der Waals surface area contributed by atoms with Gasteiger partial charge in [0.15, 0.2) is 0 Å². The van der Waals surface area contributed by atoms with Crippen molar-refractivity contribution in [3.63, 3.8) is 0 Å². The van der Waals surface area contributed by atoms with E-state index in [1.165, 1.54) is 18.2 Å². The predicted octanol–water partition coefficient (Wildman–Crippen LogP) is 3.55. The van der Waals surface area contributed by atoms with Gasteiger partial charge in [-0.25, -0.2) is 9.59 Å². The van der Waals surface area contributed by atoms with Crippen LogP contribution in [0.4, 0.5) is 10.5 Å². The predicted molar refractivity (Wildman–Crippen MR) is 81.9 cm³/mol. The molecule has 1 aliphatic rings. The second kappa shape index (κ2) is 6.35. The van der Waals surface area contributed by atoms with Crippen molar-refractivity contribution in [1.29, 1.82) is 0 Å². The van der Waals surface area contributed by atoms with Crippen LogP contribution in [0.15, 0.2) is 18.2 Å². The molecule has 0 spiro atoms. The number of carboxylic acids is 1. The number of nitrogens with one attached hydrogen (secondary N) is 1. The largest absolute Gasteiger partial charge is 0.478 e. The highest BCUT2D eigenvalue weighted by Crippen LogP contribution is 2.25. The minimum Gasteiger partial charge on any atom is -0.478 e. The van der Waals surface area contributed by atoms with Crippen molar-refractivity contribution in [2.75, 3.05) is 18.4 Å². The van der Waals surface area contributed by atoms with Crippen LogP contribution < -0.4 is 5.32 Å². The van der Waals surface area contributed by atoms with E-state index in [1.807, 2.05) is 0 Å². The Morgan fingerprint density at radius 2 is 2.05 bits per heavy atom. The summed E-state index contributed by atoms with van der Waals surface area (Å²) in [6, 6.07) is 4.06. The first kappa shape index (κ1) is 15.6. The number of anilines is 1. The Kier molecular flexibility index (Phi) is 4.73. The van der Waals surface area contributed by atoms with E-state index in [2.05, 4.69) is 19.2 Å². The third-order valence-corrected chi connectivity index (χ3v) is 4.31. The first-order valence-corrected chi connectivity index (χ1v) is 7.35. The lowest BCUT2D eigenvalue weighted by atomic mass is 9.89. The molecule has 21 heavy (non-hydrogen) atoms. The molecule has 1 aromatic carbocycles. The Hall–Kier alpha value is -1.75. The van der Waals surface area contributed by atoms with Crippen molar-refractivity contribution >= 4 is 29.3 Å². The summed E-state index contributed by atoms with van der Waals surface area (Å²) in [6.45, 7) is 5.65. The Bertz CT molecular complexity index is 562. The number of hydrogen-bond acceptors (Lipinski definition) is 2. The van der Waals surface area contributed by atoms with Gasteiger partial charge in [-0.1, -0.05) is 25.4 Å². The summed E-state index contributed by atoms with van der Waals surface area (Å²) in [6.07, 6.45) is 0.954. The number of aromatic carboxylic acids is 1. The number of piperidine rings is 1. The number of halogens is 1. The van der Waals surface area contributed by atoms with Crippen LogP contribution >= 0.6 is 11.6 Å². The highest BCUT2D eigenvalue weighted by Gasteiger charge is 2.26. The number of carbonyl (C=O) groups is 2. The van der Waals surface area contributed by atoms with Crippen molar-refractivity contribution in [2.45, 2.75) is 20.3 Å². The van der Waals surface area contributed by atoms with Crippen LogP contribution in [0.5, 0.6) is 0 Å². The summed E-state index contributed by atoms with van der Waals surface area (Å²) in [5.74, 6) is -0.0693. The van der Waals surface area contributed by atoms with Crippen LogP contribution in [0.2, 0.25) is 5.02 Å². The lowest BCUT2D eigenvalue weighted by Gasteiger charge is -2.35. The lowest BCUT2D eigenvalue weighted by molar-refractivity contribution is 0.0698. The number of carbonyl (C=O) groups excluding carboxylic acids is 1. The van der Waals surface area contributed by atoms with Crippen LogP contribution in [0.25, 0.3) is 0 Å². The molecule has 1 heterocycles. The van der Waals surface area contributed by atoms with Crippen LogP contribution in [0.1, 0.15) is 30.6 Å². The molecule has 0 radical (unpaired) electrons. The summed E-state index contributed by atoms with van der Waals surface area (Å²) in [5, 5.41) is 12.2. The van der Waals surface area contributed by atoms with E-state index in [-0.39, 0.29) is 17.3 Å². The molecule has 114 valence electrons. The molecular formula is C15H19ClN2O3. The van der Waals surface area contributed by atoms with E-state index in [0.717, 1.165) is 6.42 Å². The van der Waals surface area contributed by atoms with Gasteiger partial charge in [-0.15, -0.1) is 0 Å². The fourth-order valence-corrected chi connectivity index (χ4v) is 2.62. The topological polar surface area (TPSA) is 69.6 Å². The molecule has 2 atom stereocenters. The molecule has 1 saturated heterocycles. The summed E-state index contributed by atoms with van der Waals surface area (Å²) >= 11 is 5.88. The van der Waals surface area contributed by atoms with Gasteiger partial charge in [0.1, 0.15) is 0 Å². The fourth-order valence-electron chi connectivity index (χ4n) is 2.45. The molecule has 0 saturated carbocycles. The molecule has 2 amide bonds.